The third-order valence-corrected chi connectivity index (χ3v) is 32.0. The van der Waals surface area contributed by atoms with Crippen LogP contribution in [0.4, 0.5) is 0 Å². The molecule has 2 aliphatic rings. The fourth-order valence-corrected chi connectivity index (χ4v) is 27.6. The van der Waals surface area contributed by atoms with Crippen molar-refractivity contribution in [1.82, 2.24) is 0 Å². The summed E-state index contributed by atoms with van der Waals surface area (Å²) in [5.74, 6) is 0. The van der Waals surface area contributed by atoms with Gasteiger partial charge in [0.05, 0.1) is 0 Å². The van der Waals surface area contributed by atoms with Gasteiger partial charge < -0.3 is 0 Å². The Bertz CT molecular complexity index is 1190. The number of allylic oxidation sites excluding steroid dienone is 5. The number of rotatable bonds is 4. The molecule has 0 heterocycles. The van der Waals surface area contributed by atoms with Crippen molar-refractivity contribution < 1.29 is 12.0 Å². The van der Waals surface area contributed by atoms with E-state index in [4.69, 9.17) is 17.0 Å². The predicted octanol–water partition coefficient (Wildman–Crippen LogP) is 7.76. The SMILES string of the molecule is CCC1=Cc2c(-c3ccccc3)cccc2[CH]1[Zr]([CH3])([CH3])(=[SiH2])([Cl])([Cl])[C]1=CC=CC1. The van der Waals surface area contributed by atoms with Gasteiger partial charge in [-0.1, -0.05) is 0 Å². The molecular formula is C24H28Cl2SiZr. The zero-order valence-electron chi connectivity index (χ0n) is 16.9. The van der Waals surface area contributed by atoms with Crippen LogP contribution in [0, 0.1) is 0 Å². The molecule has 0 spiro atoms. The maximum absolute atomic E-state index is 7.93. The van der Waals surface area contributed by atoms with Crippen LogP contribution in [0.3, 0.4) is 0 Å². The molecule has 0 aromatic heterocycles. The fraction of sp³-hybridized carbons (Fsp3) is 0.250. The molecular weight excluding hydrogens is 478 g/mol. The van der Waals surface area contributed by atoms with Crippen LogP contribution in [0.25, 0.3) is 17.2 Å². The summed E-state index contributed by atoms with van der Waals surface area (Å²) in [4.78, 5) is 0. The molecule has 0 saturated carbocycles. The number of hydrogen-bond donors (Lipinski definition) is 0. The monoisotopic (exact) mass is 504 g/mol. The molecule has 146 valence electrons. The summed E-state index contributed by atoms with van der Waals surface area (Å²) < 4.78 is 5.72. The van der Waals surface area contributed by atoms with Gasteiger partial charge in [0.2, 0.25) is 0 Å². The van der Waals surface area contributed by atoms with Crippen LogP contribution < -0.4 is 0 Å². The summed E-state index contributed by atoms with van der Waals surface area (Å²) in [7, 11) is 15.9. The number of fused-ring (bicyclic) bond motifs is 1. The summed E-state index contributed by atoms with van der Waals surface area (Å²) in [6.07, 6.45) is 10.6. The van der Waals surface area contributed by atoms with Gasteiger partial charge in [-0.15, -0.1) is 0 Å². The summed E-state index contributed by atoms with van der Waals surface area (Å²) in [6.45, 7) is 4.14. The van der Waals surface area contributed by atoms with Gasteiger partial charge in [-0.3, -0.25) is 0 Å². The average molecular weight is 507 g/mol. The number of benzene rings is 2. The first kappa shape index (κ1) is 20.6. The Morgan fingerprint density at radius 2 is 1.75 bits per heavy atom. The molecule has 4 rings (SSSR count). The second-order valence-corrected chi connectivity index (χ2v) is 77.2. The van der Waals surface area contributed by atoms with Crippen LogP contribution in [-0.4, -0.2) is 6.88 Å². The van der Waals surface area contributed by atoms with Gasteiger partial charge in [0, 0.05) is 0 Å². The fourth-order valence-electron chi connectivity index (χ4n) is 5.37. The molecule has 1 atom stereocenters. The third kappa shape index (κ3) is 3.03. The van der Waals surface area contributed by atoms with E-state index in [1.807, 2.05) is 6.88 Å². The van der Waals surface area contributed by atoms with Crippen molar-refractivity contribution in [2.45, 2.75) is 32.7 Å². The van der Waals surface area contributed by atoms with Crippen LogP contribution in [0.5, 0.6) is 0 Å². The molecule has 2 aliphatic carbocycles. The zero-order valence-corrected chi connectivity index (χ0v) is 22.3. The summed E-state index contributed by atoms with van der Waals surface area (Å²) >= 11 is -5.34. The third-order valence-electron chi connectivity index (χ3n) is 6.86. The van der Waals surface area contributed by atoms with Crippen molar-refractivity contribution in [3.05, 3.63) is 86.7 Å². The van der Waals surface area contributed by atoms with Crippen molar-refractivity contribution >= 4 is 30.0 Å². The molecule has 2 aromatic carbocycles. The number of hydrogen-bond acceptors (Lipinski definition) is 0. The van der Waals surface area contributed by atoms with E-state index in [1.165, 1.54) is 31.1 Å². The Morgan fingerprint density at radius 3 is 2.36 bits per heavy atom. The number of halogens is 2. The Morgan fingerprint density at radius 1 is 1.04 bits per heavy atom. The minimum absolute atomic E-state index is 0.0493. The molecule has 0 fully saturated rings. The first-order valence-electron chi connectivity index (χ1n) is 10.1. The van der Waals surface area contributed by atoms with E-state index in [-0.39, 0.29) is 3.63 Å². The van der Waals surface area contributed by atoms with E-state index in [9.17, 15) is 0 Å². The maximum atomic E-state index is 7.93. The van der Waals surface area contributed by atoms with Gasteiger partial charge in [-0.25, -0.2) is 0 Å². The molecule has 0 aliphatic heterocycles. The van der Waals surface area contributed by atoms with Gasteiger partial charge in [0.1, 0.15) is 0 Å². The van der Waals surface area contributed by atoms with Gasteiger partial charge in [-0.05, 0) is 0 Å². The second-order valence-electron chi connectivity index (χ2n) is 10.3. The summed E-state index contributed by atoms with van der Waals surface area (Å²) in [6, 6.07) is 17.2. The van der Waals surface area contributed by atoms with Crippen LogP contribution in [0.15, 0.2) is 75.6 Å². The normalized spacial score (nSPS) is 22.5. The molecule has 0 nitrogen and oxygen atoms in total. The summed E-state index contributed by atoms with van der Waals surface area (Å²) in [5.41, 5.74) is 6.43. The Labute approximate surface area is 171 Å². The van der Waals surface area contributed by atoms with Crippen molar-refractivity contribution in [2.24, 2.45) is 0 Å². The predicted molar refractivity (Wildman–Crippen MR) is 127 cm³/mol. The van der Waals surface area contributed by atoms with Crippen LogP contribution in [-0.2, 0) is 12.0 Å². The van der Waals surface area contributed by atoms with E-state index in [0.29, 0.717) is 0 Å². The molecule has 0 saturated heterocycles. The summed E-state index contributed by atoms with van der Waals surface area (Å²) in [5, 5.41) is 0. The molecule has 0 radical (unpaired) electrons. The quantitative estimate of drug-likeness (QED) is 0.372. The Hall–Kier alpha value is -0.660. The molecule has 0 bridgehead atoms. The molecule has 28 heavy (non-hydrogen) atoms. The van der Waals surface area contributed by atoms with E-state index in [1.54, 1.807) is 0 Å². The van der Waals surface area contributed by atoms with Gasteiger partial charge in [-0.2, -0.15) is 0 Å². The first-order valence-corrected chi connectivity index (χ1v) is 29.9. The molecule has 1 unspecified atom stereocenters. The van der Waals surface area contributed by atoms with Crippen molar-refractivity contribution in [3.8, 4) is 11.1 Å². The van der Waals surface area contributed by atoms with E-state index < -0.39 is 12.0 Å². The van der Waals surface area contributed by atoms with Gasteiger partial charge in [0.25, 0.3) is 0 Å². The molecule has 4 heteroatoms. The van der Waals surface area contributed by atoms with E-state index in [2.05, 4.69) is 89.0 Å². The van der Waals surface area contributed by atoms with Crippen LogP contribution in [0.1, 0.15) is 34.5 Å². The molecule has 0 N–H and O–H groups in total. The van der Waals surface area contributed by atoms with E-state index in [0.717, 1.165) is 12.8 Å². The molecule has 0 amide bonds. The van der Waals surface area contributed by atoms with Crippen LogP contribution >= 0.6 is 17.0 Å². The molecule has 2 aromatic rings. The topological polar surface area (TPSA) is 0 Å². The van der Waals surface area contributed by atoms with Crippen molar-refractivity contribution in [3.63, 3.8) is 0 Å². The Kier molecular flexibility index (Phi) is 4.06. The zero-order chi connectivity index (χ0) is 20.3. The Balaban J connectivity index is 2.04. The van der Waals surface area contributed by atoms with Gasteiger partial charge >= 0.3 is 173 Å². The van der Waals surface area contributed by atoms with Crippen molar-refractivity contribution in [2.75, 3.05) is 0 Å². The van der Waals surface area contributed by atoms with Gasteiger partial charge in [0.15, 0.2) is 0 Å². The minimum atomic E-state index is -5.34. The van der Waals surface area contributed by atoms with Crippen molar-refractivity contribution in [1.29, 1.82) is 0 Å². The first-order chi connectivity index (χ1) is 12.9. The average Bonchev–Trinajstić information content (AvgIpc) is 3.30. The second kappa shape index (κ2) is 5.52. The van der Waals surface area contributed by atoms with E-state index >= 15 is 0 Å². The van der Waals surface area contributed by atoms with Crippen LogP contribution in [0.2, 0.25) is 9.26 Å². The standard InChI is InChI=1S/C17H15.C5H5.2CH3.2ClH.H2Si.Zr/c1-2-13-11-15-9-6-10-16(17(15)12-13)14-7-4-3-5-8-14;1-2-4-5-3-1;;;;;;/h3-12H,2H2,1H3;1-3H,4H2;2*1H3;2*1H;1H2;/q;;;;;;;+2/p-2.